The summed E-state index contributed by atoms with van der Waals surface area (Å²) in [6.07, 6.45) is 0.947. The van der Waals surface area contributed by atoms with Gasteiger partial charge in [0.2, 0.25) is 0 Å². The van der Waals surface area contributed by atoms with E-state index >= 15 is 0 Å². The number of Topliss-reactive ketones (excluding diaryl/α,β-unsaturated/α-hetero) is 2. The Kier molecular flexibility index (Phi) is 5.36. The van der Waals surface area contributed by atoms with Gasteiger partial charge < -0.3 is 0 Å². The molecule has 0 heterocycles. The largest absolute Gasteiger partial charge is 0.299 e. The summed E-state index contributed by atoms with van der Waals surface area (Å²) in [4.78, 5) is 22.7. The highest BCUT2D eigenvalue weighted by molar-refractivity contribution is 5.96. The Balaban J connectivity index is 3.98. The summed E-state index contributed by atoms with van der Waals surface area (Å²) in [7, 11) is 0. The lowest BCUT2D eigenvalue weighted by atomic mass is 9.95. The van der Waals surface area contributed by atoms with Gasteiger partial charge in [0.1, 0.15) is 5.78 Å². The summed E-state index contributed by atoms with van der Waals surface area (Å²) in [6, 6.07) is 0. The Morgan fingerprint density at radius 3 is 1.86 bits per heavy atom. The van der Waals surface area contributed by atoms with E-state index in [1.807, 2.05) is 27.7 Å². The Labute approximate surface area is 86.4 Å². The highest BCUT2D eigenvalue weighted by Gasteiger charge is 2.14. The van der Waals surface area contributed by atoms with Crippen LogP contribution in [-0.2, 0) is 9.59 Å². The van der Waals surface area contributed by atoms with E-state index in [1.54, 1.807) is 0 Å². The average Bonchev–Trinajstić information content (AvgIpc) is 2.11. The molecule has 0 unspecified atom stereocenters. The number of hydrogen-bond donors (Lipinski definition) is 0. The lowest BCUT2D eigenvalue weighted by molar-refractivity contribution is -0.121. The predicted molar refractivity (Wildman–Crippen MR) is 58.1 cm³/mol. The number of carbonyl (C=O) groups is 2. The van der Waals surface area contributed by atoms with E-state index in [9.17, 15) is 9.59 Å². The maximum Gasteiger partial charge on any atom is 0.160 e. The highest BCUT2D eigenvalue weighted by atomic mass is 16.1. The minimum Gasteiger partial charge on any atom is -0.299 e. The third kappa shape index (κ3) is 4.35. The summed E-state index contributed by atoms with van der Waals surface area (Å²) in [5.41, 5.74) is 0.578. The van der Waals surface area contributed by atoms with Crippen LogP contribution in [0.4, 0.5) is 0 Å². The Morgan fingerprint density at radius 2 is 1.50 bits per heavy atom. The van der Waals surface area contributed by atoms with E-state index in [-0.39, 0.29) is 23.4 Å². The zero-order valence-corrected chi connectivity index (χ0v) is 9.59. The van der Waals surface area contributed by atoms with Crippen LogP contribution in [0, 0.1) is 11.8 Å². The van der Waals surface area contributed by atoms with E-state index in [0.29, 0.717) is 18.4 Å². The number of ketones is 2. The molecule has 0 aromatic heterocycles. The van der Waals surface area contributed by atoms with Crippen molar-refractivity contribution >= 4 is 11.6 Å². The fourth-order valence-corrected chi connectivity index (χ4v) is 1.09. The van der Waals surface area contributed by atoms with Gasteiger partial charge in [0.25, 0.3) is 0 Å². The quantitative estimate of drug-likeness (QED) is 0.612. The molecule has 80 valence electrons. The monoisotopic (exact) mass is 196 g/mol. The molecule has 0 aliphatic heterocycles. The van der Waals surface area contributed by atoms with Crippen molar-refractivity contribution in [1.82, 2.24) is 0 Å². The first-order chi connectivity index (χ1) is 6.36. The molecular weight excluding hydrogens is 176 g/mol. The minimum atomic E-state index is -0.0170. The molecule has 2 heteroatoms. The van der Waals surface area contributed by atoms with Gasteiger partial charge in [-0.25, -0.2) is 0 Å². The maximum absolute atomic E-state index is 11.4. The molecule has 0 atom stereocenters. The average molecular weight is 196 g/mol. The number of rotatable bonds is 6. The van der Waals surface area contributed by atoms with Crippen molar-refractivity contribution in [3.8, 4) is 0 Å². The van der Waals surface area contributed by atoms with Crippen LogP contribution in [0.3, 0.4) is 0 Å². The van der Waals surface area contributed by atoms with Crippen molar-refractivity contribution < 1.29 is 9.59 Å². The maximum atomic E-state index is 11.4. The first-order valence-electron chi connectivity index (χ1n) is 5.11. The topological polar surface area (TPSA) is 34.1 Å². The molecule has 0 saturated heterocycles. The van der Waals surface area contributed by atoms with Crippen molar-refractivity contribution in [2.45, 2.75) is 40.5 Å². The van der Waals surface area contributed by atoms with E-state index in [2.05, 4.69) is 6.58 Å². The molecule has 0 N–H and O–H groups in total. The summed E-state index contributed by atoms with van der Waals surface area (Å²) >= 11 is 0. The molecule has 14 heavy (non-hydrogen) atoms. The van der Waals surface area contributed by atoms with Crippen molar-refractivity contribution in [2.75, 3.05) is 0 Å². The van der Waals surface area contributed by atoms with E-state index < -0.39 is 0 Å². The summed E-state index contributed by atoms with van der Waals surface area (Å²) in [5, 5.41) is 0. The fraction of sp³-hybridized carbons (Fsp3) is 0.667. The van der Waals surface area contributed by atoms with Gasteiger partial charge in [-0.3, -0.25) is 9.59 Å². The highest BCUT2D eigenvalue weighted by Crippen LogP contribution is 2.12. The fourth-order valence-electron chi connectivity index (χ4n) is 1.09. The molecule has 0 aromatic carbocycles. The number of allylic oxidation sites excluding steroid dienone is 1. The van der Waals surface area contributed by atoms with Crippen LogP contribution in [0.15, 0.2) is 12.2 Å². The lowest BCUT2D eigenvalue weighted by Crippen LogP contribution is -2.12. The second-order valence-corrected chi connectivity index (χ2v) is 4.24. The minimum absolute atomic E-state index is 0.0170. The SMILES string of the molecule is C=C(CCC(=O)C(C)C)C(=O)C(C)C. The number of hydrogen-bond acceptors (Lipinski definition) is 2. The Hall–Kier alpha value is -0.920. The summed E-state index contributed by atoms with van der Waals surface area (Å²) in [6.45, 7) is 11.1. The molecule has 0 aliphatic carbocycles. The van der Waals surface area contributed by atoms with Crippen molar-refractivity contribution in [3.63, 3.8) is 0 Å². The van der Waals surface area contributed by atoms with Crippen LogP contribution in [-0.4, -0.2) is 11.6 Å². The molecule has 0 rings (SSSR count). The summed E-state index contributed by atoms with van der Waals surface area (Å²) < 4.78 is 0. The molecule has 0 saturated carbocycles. The lowest BCUT2D eigenvalue weighted by Gasteiger charge is -2.08. The first kappa shape index (κ1) is 13.1. The van der Waals surface area contributed by atoms with Crippen LogP contribution in [0.2, 0.25) is 0 Å². The third-order valence-electron chi connectivity index (χ3n) is 2.19. The molecular formula is C12H20O2. The molecule has 2 nitrogen and oxygen atoms in total. The number of carbonyl (C=O) groups excluding carboxylic acids is 2. The molecule has 0 spiro atoms. The van der Waals surface area contributed by atoms with Crippen molar-refractivity contribution in [2.24, 2.45) is 11.8 Å². The zero-order chi connectivity index (χ0) is 11.3. The van der Waals surface area contributed by atoms with Gasteiger partial charge in [-0.1, -0.05) is 34.3 Å². The second-order valence-electron chi connectivity index (χ2n) is 4.24. The van der Waals surface area contributed by atoms with Crippen LogP contribution < -0.4 is 0 Å². The van der Waals surface area contributed by atoms with Gasteiger partial charge >= 0.3 is 0 Å². The molecule has 0 aromatic rings. The summed E-state index contributed by atoms with van der Waals surface area (Å²) in [5.74, 6) is 0.304. The standard InChI is InChI=1S/C12H20O2/c1-8(2)11(13)7-6-10(5)12(14)9(3)4/h8-9H,5-7H2,1-4H3. The van der Waals surface area contributed by atoms with Gasteiger partial charge in [0, 0.05) is 18.3 Å². The van der Waals surface area contributed by atoms with E-state index in [0.717, 1.165) is 0 Å². The van der Waals surface area contributed by atoms with Gasteiger partial charge in [-0.05, 0) is 12.0 Å². The van der Waals surface area contributed by atoms with Gasteiger partial charge in [0.15, 0.2) is 5.78 Å². The van der Waals surface area contributed by atoms with E-state index in [1.165, 1.54) is 0 Å². The zero-order valence-electron chi connectivity index (χ0n) is 9.59. The van der Waals surface area contributed by atoms with E-state index in [4.69, 9.17) is 0 Å². The molecule has 0 fully saturated rings. The van der Waals surface area contributed by atoms with Crippen LogP contribution >= 0.6 is 0 Å². The van der Waals surface area contributed by atoms with Crippen molar-refractivity contribution in [1.29, 1.82) is 0 Å². The van der Waals surface area contributed by atoms with Gasteiger partial charge in [-0.2, -0.15) is 0 Å². The van der Waals surface area contributed by atoms with Gasteiger partial charge in [0.05, 0.1) is 0 Å². The third-order valence-corrected chi connectivity index (χ3v) is 2.19. The Bertz CT molecular complexity index is 237. The van der Waals surface area contributed by atoms with Crippen LogP contribution in [0.25, 0.3) is 0 Å². The van der Waals surface area contributed by atoms with Crippen molar-refractivity contribution in [3.05, 3.63) is 12.2 Å². The second kappa shape index (κ2) is 5.74. The molecule has 0 amide bonds. The predicted octanol–water partition coefficient (Wildman–Crippen LogP) is 2.77. The molecule has 0 bridgehead atoms. The first-order valence-corrected chi connectivity index (χ1v) is 5.11. The van der Waals surface area contributed by atoms with Crippen LogP contribution in [0.1, 0.15) is 40.5 Å². The Morgan fingerprint density at radius 1 is 1.00 bits per heavy atom. The molecule has 0 radical (unpaired) electrons. The normalized spacial score (nSPS) is 10.7. The van der Waals surface area contributed by atoms with Crippen LogP contribution in [0.5, 0.6) is 0 Å². The molecule has 0 aliphatic rings. The smallest absolute Gasteiger partial charge is 0.160 e. The van der Waals surface area contributed by atoms with Gasteiger partial charge in [-0.15, -0.1) is 0 Å².